The predicted molar refractivity (Wildman–Crippen MR) is 113 cm³/mol. The van der Waals surface area contributed by atoms with Gasteiger partial charge in [-0.15, -0.1) is 0 Å². The van der Waals surface area contributed by atoms with Crippen LogP contribution in [0.5, 0.6) is 11.5 Å². The van der Waals surface area contributed by atoms with Crippen LogP contribution in [0.1, 0.15) is 18.9 Å². The highest BCUT2D eigenvalue weighted by Crippen LogP contribution is 2.32. The molecule has 0 radical (unpaired) electrons. The molecule has 1 N–H and O–H groups in total. The fraction of sp³-hybridized carbons (Fsp3) is 0.364. The second kappa shape index (κ2) is 8.96. The fourth-order valence-corrected chi connectivity index (χ4v) is 3.52. The molecule has 2 aliphatic rings. The van der Waals surface area contributed by atoms with Gasteiger partial charge < -0.3 is 14.4 Å². The molecule has 0 bridgehead atoms. The van der Waals surface area contributed by atoms with E-state index < -0.39 is 0 Å². The number of hydrogen-bond donors (Lipinski definition) is 1. The van der Waals surface area contributed by atoms with E-state index >= 15 is 0 Å². The van der Waals surface area contributed by atoms with Crippen molar-refractivity contribution >= 4 is 17.3 Å². The maximum absolute atomic E-state index is 12.2. The minimum Gasteiger partial charge on any atom is -0.454 e. The fourth-order valence-electron chi connectivity index (χ4n) is 3.52. The topological polar surface area (TPSA) is 66.4 Å². The Kier molecular flexibility index (Phi) is 5.95. The number of nitrogens with one attached hydrogen (secondary N) is 1. The smallest absolute Gasteiger partial charge is 0.241 e. The molecule has 2 aromatic carbocycles. The first-order valence-corrected chi connectivity index (χ1v) is 9.94. The number of rotatable bonds is 6. The number of anilines is 1. The van der Waals surface area contributed by atoms with E-state index in [0.717, 1.165) is 49.7 Å². The minimum atomic E-state index is -0.0735. The van der Waals surface area contributed by atoms with Crippen molar-refractivity contribution in [1.82, 2.24) is 10.3 Å². The number of benzene rings is 2. The van der Waals surface area contributed by atoms with Gasteiger partial charge in [-0.3, -0.25) is 9.69 Å². The molecular formula is C22H26N4O3. The van der Waals surface area contributed by atoms with Crippen LogP contribution >= 0.6 is 0 Å². The average Bonchev–Trinajstić information content (AvgIpc) is 3.25. The Morgan fingerprint density at radius 1 is 1.03 bits per heavy atom. The highest BCUT2D eigenvalue weighted by Gasteiger charge is 2.18. The number of ether oxygens (including phenoxy) is 2. The zero-order valence-corrected chi connectivity index (χ0v) is 16.6. The third-order valence-electron chi connectivity index (χ3n) is 5.29. The maximum Gasteiger partial charge on any atom is 0.241 e. The Hall–Kier alpha value is -3.06. The third kappa shape index (κ3) is 4.86. The maximum atomic E-state index is 12.2. The first-order valence-electron chi connectivity index (χ1n) is 9.94. The normalized spacial score (nSPS) is 16.7. The second-order valence-corrected chi connectivity index (χ2v) is 7.21. The number of nitrogens with zero attached hydrogens (tertiary/aromatic N) is 3. The van der Waals surface area contributed by atoms with E-state index in [4.69, 9.17) is 9.47 Å². The first-order chi connectivity index (χ1) is 14.2. The van der Waals surface area contributed by atoms with Crippen molar-refractivity contribution in [3.05, 3.63) is 54.1 Å². The van der Waals surface area contributed by atoms with E-state index in [1.54, 1.807) is 0 Å². The molecule has 1 fully saturated rings. The van der Waals surface area contributed by atoms with Gasteiger partial charge in [0.2, 0.25) is 12.7 Å². The number of hydrogen-bond acceptors (Lipinski definition) is 6. The number of hydrazone groups is 1. The van der Waals surface area contributed by atoms with Gasteiger partial charge in [0, 0.05) is 50.4 Å². The Morgan fingerprint density at radius 2 is 1.79 bits per heavy atom. The molecule has 0 aliphatic carbocycles. The predicted octanol–water partition coefficient (Wildman–Crippen LogP) is 2.47. The number of para-hydroxylation sites is 1. The van der Waals surface area contributed by atoms with Gasteiger partial charge in [-0.2, -0.15) is 5.10 Å². The molecule has 2 heterocycles. The van der Waals surface area contributed by atoms with Crippen LogP contribution in [0.3, 0.4) is 0 Å². The van der Waals surface area contributed by atoms with Gasteiger partial charge >= 0.3 is 0 Å². The largest absolute Gasteiger partial charge is 0.454 e. The molecule has 2 aromatic rings. The van der Waals surface area contributed by atoms with E-state index in [1.807, 2.05) is 31.2 Å². The van der Waals surface area contributed by atoms with Gasteiger partial charge in [0.05, 0.1) is 5.71 Å². The number of carbonyl (C=O) groups excluding carboxylic acids is 1. The summed E-state index contributed by atoms with van der Waals surface area (Å²) in [5, 5.41) is 4.23. The Labute approximate surface area is 170 Å². The SMILES string of the molecule is C/C(=N\NC(=O)CCN1CCN(c2ccccc2)CC1)c1ccc2c(c1)OCO2. The highest BCUT2D eigenvalue weighted by atomic mass is 16.7. The molecule has 0 atom stereocenters. The second-order valence-electron chi connectivity index (χ2n) is 7.21. The van der Waals surface area contributed by atoms with Crippen LogP contribution in [-0.2, 0) is 4.79 Å². The van der Waals surface area contributed by atoms with E-state index in [0.29, 0.717) is 12.2 Å². The summed E-state index contributed by atoms with van der Waals surface area (Å²) in [6.45, 7) is 6.72. The summed E-state index contributed by atoms with van der Waals surface area (Å²) in [4.78, 5) is 16.9. The van der Waals surface area contributed by atoms with Crippen LogP contribution in [0, 0.1) is 0 Å². The van der Waals surface area contributed by atoms with Gasteiger partial charge in [-0.25, -0.2) is 5.43 Å². The van der Waals surface area contributed by atoms with Crippen LogP contribution in [-0.4, -0.2) is 56.0 Å². The number of carbonyl (C=O) groups is 1. The van der Waals surface area contributed by atoms with Gasteiger partial charge in [-0.05, 0) is 37.3 Å². The summed E-state index contributed by atoms with van der Waals surface area (Å²) in [7, 11) is 0. The molecule has 4 rings (SSSR count). The van der Waals surface area contributed by atoms with Crippen molar-refractivity contribution in [2.75, 3.05) is 44.4 Å². The molecule has 7 nitrogen and oxygen atoms in total. The lowest BCUT2D eigenvalue weighted by Gasteiger charge is -2.36. The van der Waals surface area contributed by atoms with Crippen LogP contribution in [0.2, 0.25) is 0 Å². The van der Waals surface area contributed by atoms with Crippen LogP contribution in [0.4, 0.5) is 5.69 Å². The van der Waals surface area contributed by atoms with Gasteiger partial charge in [0.1, 0.15) is 0 Å². The lowest BCUT2D eigenvalue weighted by Crippen LogP contribution is -2.47. The summed E-state index contributed by atoms with van der Waals surface area (Å²) in [6, 6.07) is 16.1. The Morgan fingerprint density at radius 3 is 2.59 bits per heavy atom. The van der Waals surface area contributed by atoms with Crippen LogP contribution < -0.4 is 19.8 Å². The molecule has 29 heavy (non-hydrogen) atoms. The summed E-state index contributed by atoms with van der Waals surface area (Å²) in [5.41, 5.74) is 5.55. The van der Waals surface area contributed by atoms with Crippen molar-refractivity contribution in [2.45, 2.75) is 13.3 Å². The molecule has 2 aliphatic heterocycles. The molecule has 7 heteroatoms. The number of piperazine rings is 1. The van der Waals surface area contributed by atoms with Crippen LogP contribution in [0.15, 0.2) is 53.6 Å². The van der Waals surface area contributed by atoms with Crippen molar-refractivity contribution < 1.29 is 14.3 Å². The number of fused-ring (bicyclic) bond motifs is 1. The lowest BCUT2D eigenvalue weighted by molar-refractivity contribution is -0.121. The minimum absolute atomic E-state index is 0.0735. The quantitative estimate of drug-likeness (QED) is 0.602. The molecular weight excluding hydrogens is 368 g/mol. The molecule has 152 valence electrons. The van der Waals surface area contributed by atoms with E-state index in [-0.39, 0.29) is 12.7 Å². The molecule has 0 spiro atoms. The van der Waals surface area contributed by atoms with Crippen LogP contribution in [0.25, 0.3) is 0 Å². The van der Waals surface area contributed by atoms with Gasteiger partial charge in [0.15, 0.2) is 11.5 Å². The third-order valence-corrected chi connectivity index (χ3v) is 5.29. The average molecular weight is 394 g/mol. The standard InChI is InChI=1S/C22H26N4O3/c1-17(18-7-8-20-21(15-18)29-16-28-20)23-24-22(27)9-10-25-11-13-26(14-12-25)19-5-3-2-4-6-19/h2-8,15H,9-14,16H2,1H3,(H,24,27)/b23-17+. The summed E-state index contributed by atoms with van der Waals surface area (Å²) < 4.78 is 10.7. The van der Waals surface area contributed by atoms with Crippen molar-refractivity contribution in [3.63, 3.8) is 0 Å². The van der Waals surface area contributed by atoms with E-state index in [1.165, 1.54) is 5.69 Å². The monoisotopic (exact) mass is 394 g/mol. The van der Waals surface area contributed by atoms with Gasteiger partial charge in [-0.1, -0.05) is 18.2 Å². The zero-order chi connectivity index (χ0) is 20.1. The molecule has 1 saturated heterocycles. The summed E-state index contributed by atoms with van der Waals surface area (Å²) >= 11 is 0. The Bertz CT molecular complexity index is 877. The van der Waals surface area contributed by atoms with Crippen molar-refractivity contribution in [2.24, 2.45) is 5.10 Å². The lowest BCUT2D eigenvalue weighted by atomic mass is 10.1. The summed E-state index contributed by atoms with van der Waals surface area (Å²) in [6.07, 6.45) is 0.434. The van der Waals surface area contributed by atoms with E-state index in [9.17, 15) is 4.79 Å². The molecule has 1 amide bonds. The van der Waals surface area contributed by atoms with E-state index in [2.05, 4.69) is 44.6 Å². The van der Waals surface area contributed by atoms with Crippen molar-refractivity contribution in [1.29, 1.82) is 0 Å². The first kappa shape index (κ1) is 19.3. The number of amides is 1. The highest BCUT2D eigenvalue weighted by molar-refractivity contribution is 5.99. The molecule has 0 saturated carbocycles. The zero-order valence-electron chi connectivity index (χ0n) is 16.6. The molecule has 0 unspecified atom stereocenters. The molecule has 0 aromatic heterocycles. The summed E-state index contributed by atoms with van der Waals surface area (Å²) in [5.74, 6) is 1.37. The van der Waals surface area contributed by atoms with Crippen molar-refractivity contribution in [3.8, 4) is 11.5 Å². The Balaban J connectivity index is 1.21. The van der Waals surface area contributed by atoms with Gasteiger partial charge in [0.25, 0.3) is 0 Å².